The first-order valence-corrected chi connectivity index (χ1v) is 7.21. The molecule has 0 aliphatic carbocycles. The molecule has 2 aromatic rings. The van der Waals surface area contributed by atoms with Crippen molar-refractivity contribution in [2.24, 2.45) is 0 Å². The highest BCUT2D eigenvalue weighted by Crippen LogP contribution is 2.29. The third-order valence-corrected chi connectivity index (χ3v) is 3.53. The topological polar surface area (TPSA) is 113 Å². The molecule has 0 radical (unpaired) electrons. The first-order chi connectivity index (χ1) is 10.8. The fourth-order valence-corrected chi connectivity index (χ4v) is 2.34. The van der Waals surface area contributed by atoms with Gasteiger partial charge in [-0.3, -0.25) is 9.78 Å². The molecule has 3 heterocycles. The molecule has 0 aromatic carbocycles. The van der Waals surface area contributed by atoms with E-state index in [-0.39, 0.29) is 23.5 Å². The highest BCUT2D eigenvalue weighted by molar-refractivity contribution is 5.69. The Morgan fingerprint density at radius 1 is 1.43 bits per heavy atom. The maximum absolute atomic E-state index is 12.1. The van der Waals surface area contributed by atoms with E-state index in [4.69, 9.17) is 9.47 Å². The van der Waals surface area contributed by atoms with Crippen LogP contribution in [0, 0.1) is 0 Å². The molecular weight excluding hydrogens is 302 g/mol. The zero-order valence-electron chi connectivity index (χ0n) is 13.4. The van der Waals surface area contributed by atoms with Gasteiger partial charge >= 0.3 is 0 Å². The smallest absolute Gasteiger partial charge is 0.280 e. The average Bonchev–Trinajstić information content (AvgIpc) is 2.86. The van der Waals surface area contributed by atoms with Gasteiger partial charge in [-0.15, -0.1) is 0 Å². The van der Waals surface area contributed by atoms with Crippen LogP contribution in [0.5, 0.6) is 0 Å². The summed E-state index contributed by atoms with van der Waals surface area (Å²) in [6.07, 6.45) is -0.209. The first-order valence-electron chi connectivity index (χ1n) is 7.21. The average molecular weight is 321 g/mol. The lowest BCUT2D eigenvalue weighted by molar-refractivity contribution is -0.151. The fraction of sp³-hybridized carbons (Fsp3) is 0.571. The van der Waals surface area contributed by atoms with Crippen molar-refractivity contribution in [1.82, 2.24) is 19.9 Å². The van der Waals surface area contributed by atoms with Gasteiger partial charge in [0.15, 0.2) is 17.0 Å². The number of anilines is 1. The Hall–Kier alpha value is -2.10. The number of aliphatic hydroxyl groups excluding tert-OH is 1. The minimum absolute atomic E-state index is 0.0744. The molecule has 23 heavy (non-hydrogen) atoms. The largest absolute Gasteiger partial charge is 0.384 e. The zero-order chi connectivity index (χ0) is 16.8. The molecule has 0 saturated carbocycles. The van der Waals surface area contributed by atoms with E-state index >= 15 is 0 Å². The molecule has 3 rings (SSSR count). The second-order valence-electron chi connectivity index (χ2n) is 6.06. The maximum Gasteiger partial charge on any atom is 0.280 e. The molecule has 1 saturated heterocycles. The molecule has 1 aliphatic rings. The predicted octanol–water partition coefficient (Wildman–Crippen LogP) is -0.0360. The monoisotopic (exact) mass is 321 g/mol. The standard InChI is InChI=1S/C14H19N5O4/c1-14(2)22-6-8(23-14)10(20)7-5-15-11-9(16-7)12(21)18-13(17-11)19(3)4/h5,8,10,20H,6H2,1-4H3,(H,15,17,18,21). The molecule has 1 fully saturated rings. The lowest BCUT2D eigenvalue weighted by Gasteiger charge is -2.20. The number of nitrogens with one attached hydrogen (secondary N) is 1. The zero-order valence-corrected chi connectivity index (χ0v) is 13.4. The van der Waals surface area contributed by atoms with Gasteiger partial charge in [0.2, 0.25) is 5.95 Å². The lowest BCUT2D eigenvalue weighted by Crippen LogP contribution is -2.26. The van der Waals surface area contributed by atoms with Crippen LogP contribution < -0.4 is 10.5 Å². The summed E-state index contributed by atoms with van der Waals surface area (Å²) in [4.78, 5) is 29.0. The normalized spacial score (nSPS) is 21.5. The summed E-state index contributed by atoms with van der Waals surface area (Å²) in [7, 11) is 3.52. The van der Waals surface area contributed by atoms with E-state index in [9.17, 15) is 9.90 Å². The number of nitrogens with zero attached hydrogens (tertiary/aromatic N) is 4. The Morgan fingerprint density at radius 3 is 2.78 bits per heavy atom. The van der Waals surface area contributed by atoms with Gasteiger partial charge in [0, 0.05) is 14.1 Å². The van der Waals surface area contributed by atoms with E-state index in [1.54, 1.807) is 32.8 Å². The summed E-state index contributed by atoms with van der Waals surface area (Å²) in [6.45, 7) is 3.77. The highest BCUT2D eigenvalue weighted by atomic mass is 16.7. The Labute approximate surface area is 132 Å². The second kappa shape index (κ2) is 5.52. The van der Waals surface area contributed by atoms with Gasteiger partial charge in [0.25, 0.3) is 5.56 Å². The summed E-state index contributed by atoms with van der Waals surface area (Å²) in [5.74, 6) is -0.366. The molecular formula is C14H19N5O4. The van der Waals surface area contributed by atoms with Crippen molar-refractivity contribution in [3.8, 4) is 0 Å². The Balaban J connectivity index is 1.96. The summed E-state index contributed by atoms with van der Waals surface area (Å²) in [6, 6.07) is 0. The van der Waals surface area contributed by atoms with Crippen LogP contribution in [-0.2, 0) is 9.47 Å². The van der Waals surface area contributed by atoms with Crippen LogP contribution in [0.15, 0.2) is 11.0 Å². The fourth-order valence-electron chi connectivity index (χ4n) is 2.34. The Bertz CT molecular complexity index is 788. The van der Waals surface area contributed by atoms with E-state index in [1.807, 2.05) is 0 Å². The Morgan fingerprint density at radius 2 is 2.17 bits per heavy atom. The highest BCUT2D eigenvalue weighted by Gasteiger charge is 2.38. The minimum atomic E-state index is -1.04. The molecule has 0 spiro atoms. The molecule has 0 bridgehead atoms. The van der Waals surface area contributed by atoms with Crippen molar-refractivity contribution in [2.45, 2.75) is 31.8 Å². The van der Waals surface area contributed by atoms with Gasteiger partial charge < -0.3 is 19.5 Å². The number of ether oxygens (including phenoxy) is 2. The van der Waals surface area contributed by atoms with E-state index in [1.165, 1.54) is 6.20 Å². The quantitative estimate of drug-likeness (QED) is 0.810. The van der Waals surface area contributed by atoms with Crippen LogP contribution in [0.4, 0.5) is 5.95 Å². The minimum Gasteiger partial charge on any atom is -0.384 e. The van der Waals surface area contributed by atoms with Gasteiger partial charge in [0.05, 0.1) is 18.5 Å². The number of aromatic nitrogens is 4. The third kappa shape index (κ3) is 3.03. The summed E-state index contributed by atoms with van der Waals surface area (Å²) in [5, 5.41) is 10.4. The van der Waals surface area contributed by atoms with E-state index in [0.717, 1.165) is 0 Å². The van der Waals surface area contributed by atoms with E-state index < -0.39 is 23.6 Å². The van der Waals surface area contributed by atoms with E-state index in [0.29, 0.717) is 5.95 Å². The van der Waals surface area contributed by atoms with Crippen LogP contribution in [0.3, 0.4) is 0 Å². The molecule has 2 unspecified atom stereocenters. The van der Waals surface area contributed by atoms with Gasteiger partial charge in [0.1, 0.15) is 12.2 Å². The van der Waals surface area contributed by atoms with Gasteiger partial charge in [-0.05, 0) is 13.8 Å². The molecule has 1 aliphatic heterocycles. The van der Waals surface area contributed by atoms with Crippen LogP contribution in [0.2, 0.25) is 0 Å². The summed E-state index contributed by atoms with van der Waals surface area (Å²) < 4.78 is 11.0. The maximum atomic E-state index is 12.1. The first kappa shape index (κ1) is 15.8. The molecule has 124 valence electrons. The van der Waals surface area contributed by atoms with Crippen LogP contribution in [0.1, 0.15) is 25.6 Å². The molecule has 2 atom stereocenters. The molecule has 9 heteroatoms. The van der Waals surface area contributed by atoms with Crippen molar-refractivity contribution in [3.63, 3.8) is 0 Å². The van der Waals surface area contributed by atoms with E-state index in [2.05, 4.69) is 19.9 Å². The molecule has 2 aromatic heterocycles. The second-order valence-corrected chi connectivity index (χ2v) is 6.06. The number of hydrogen-bond donors (Lipinski definition) is 2. The predicted molar refractivity (Wildman–Crippen MR) is 82.1 cm³/mol. The van der Waals surface area contributed by atoms with Crippen LogP contribution in [0.25, 0.3) is 11.2 Å². The van der Waals surface area contributed by atoms with Crippen LogP contribution in [-0.4, -0.2) is 57.6 Å². The molecule has 2 N–H and O–H groups in total. The summed E-state index contributed by atoms with van der Waals surface area (Å²) >= 11 is 0. The number of fused-ring (bicyclic) bond motifs is 1. The molecule has 0 amide bonds. The molecule has 9 nitrogen and oxygen atoms in total. The van der Waals surface area contributed by atoms with Crippen molar-refractivity contribution in [1.29, 1.82) is 0 Å². The SMILES string of the molecule is CN(C)c1nc2ncc(C(O)C3COC(C)(C)O3)nc2c(=O)[nH]1. The van der Waals surface area contributed by atoms with Crippen molar-refractivity contribution in [2.75, 3.05) is 25.6 Å². The Kier molecular flexibility index (Phi) is 3.78. The van der Waals surface area contributed by atoms with Crippen molar-refractivity contribution >= 4 is 17.1 Å². The van der Waals surface area contributed by atoms with Crippen LogP contribution >= 0.6 is 0 Å². The van der Waals surface area contributed by atoms with Crippen molar-refractivity contribution < 1.29 is 14.6 Å². The number of aromatic amines is 1. The number of rotatable bonds is 3. The number of H-pyrrole nitrogens is 1. The van der Waals surface area contributed by atoms with Gasteiger partial charge in [-0.1, -0.05) is 0 Å². The summed E-state index contributed by atoms with van der Waals surface area (Å²) in [5.41, 5.74) is 0.125. The number of aliphatic hydroxyl groups is 1. The van der Waals surface area contributed by atoms with Crippen molar-refractivity contribution in [3.05, 3.63) is 22.2 Å². The van der Waals surface area contributed by atoms with Gasteiger partial charge in [-0.25, -0.2) is 9.97 Å². The lowest BCUT2D eigenvalue weighted by atomic mass is 10.1. The van der Waals surface area contributed by atoms with Gasteiger partial charge in [-0.2, -0.15) is 4.98 Å². The number of hydrogen-bond acceptors (Lipinski definition) is 8. The third-order valence-electron chi connectivity index (χ3n) is 3.53.